The Labute approximate surface area is 242 Å². The average molecular weight is 535 g/mol. The standard InChI is InChI=1S/C38H34N2O/c1-28-16-15-25-34(29(28)2)37(41)36(30-17-7-3-8-18-30)35-26-39-27-40(35)38(31-19-9-4-10-20-31,32-21-11-5-12-22-32)33-23-13-6-14-24-33/h3-27,36-37,41H,1-2H3. The van der Waals surface area contributed by atoms with Crippen LogP contribution < -0.4 is 0 Å². The number of rotatable bonds is 8. The van der Waals surface area contributed by atoms with Crippen molar-refractivity contribution in [3.05, 3.63) is 197 Å². The van der Waals surface area contributed by atoms with Crippen molar-refractivity contribution in [2.24, 2.45) is 0 Å². The van der Waals surface area contributed by atoms with Gasteiger partial charge in [0.2, 0.25) is 0 Å². The number of hydrogen-bond acceptors (Lipinski definition) is 2. The van der Waals surface area contributed by atoms with E-state index in [0.29, 0.717) is 0 Å². The first-order valence-corrected chi connectivity index (χ1v) is 14.1. The highest BCUT2D eigenvalue weighted by Gasteiger charge is 2.42. The molecule has 0 aliphatic carbocycles. The fourth-order valence-electron chi connectivity index (χ4n) is 6.22. The van der Waals surface area contributed by atoms with Gasteiger partial charge in [-0.2, -0.15) is 0 Å². The Morgan fingerprint density at radius 3 is 1.61 bits per heavy atom. The van der Waals surface area contributed by atoms with E-state index < -0.39 is 11.6 Å². The smallest absolute Gasteiger partial charge is 0.121 e. The lowest BCUT2D eigenvalue weighted by atomic mass is 9.75. The van der Waals surface area contributed by atoms with Gasteiger partial charge in [-0.1, -0.05) is 140 Å². The maximum atomic E-state index is 12.3. The van der Waals surface area contributed by atoms with Crippen LogP contribution in [0, 0.1) is 13.8 Å². The van der Waals surface area contributed by atoms with Gasteiger partial charge in [0.15, 0.2) is 0 Å². The molecule has 0 saturated carbocycles. The summed E-state index contributed by atoms with van der Waals surface area (Å²) < 4.78 is 2.28. The van der Waals surface area contributed by atoms with Gasteiger partial charge in [-0.15, -0.1) is 0 Å². The molecule has 0 radical (unpaired) electrons. The number of aromatic nitrogens is 2. The van der Waals surface area contributed by atoms with Gasteiger partial charge in [0, 0.05) is 11.9 Å². The summed E-state index contributed by atoms with van der Waals surface area (Å²) in [4.78, 5) is 4.78. The highest BCUT2D eigenvalue weighted by Crippen LogP contribution is 2.46. The van der Waals surface area contributed by atoms with E-state index >= 15 is 0 Å². The van der Waals surface area contributed by atoms with E-state index in [1.165, 1.54) is 0 Å². The van der Waals surface area contributed by atoms with Crippen molar-refractivity contribution in [3.8, 4) is 0 Å². The van der Waals surface area contributed by atoms with Crippen molar-refractivity contribution in [3.63, 3.8) is 0 Å². The fourth-order valence-corrected chi connectivity index (χ4v) is 6.22. The molecule has 6 aromatic rings. The van der Waals surface area contributed by atoms with Crippen molar-refractivity contribution in [1.82, 2.24) is 9.55 Å². The quantitative estimate of drug-likeness (QED) is 0.200. The molecule has 1 aromatic heterocycles. The molecular formula is C38H34N2O. The second-order valence-electron chi connectivity index (χ2n) is 10.6. The maximum Gasteiger partial charge on any atom is 0.121 e. The molecule has 2 atom stereocenters. The molecule has 0 aliphatic heterocycles. The molecule has 1 N–H and O–H groups in total. The molecule has 202 valence electrons. The van der Waals surface area contributed by atoms with E-state index in [1.807, 2.05) is 42.9 Å². The van der Waals surface area contributed by atoms with Gasteiger partial charge in [-0.3, -0.25) is 0 Å². The molecule has 41 heavy (non-hydrogen) atoms. The third-order valence-electron chi connectivity index (χ3n) is 8.36. The van der Waals surface area contributed by atoms with Crippen molar-refractivity contribution in [1.29, 1.82) is 0 Å². The van der Waals surface area contributed by atoms with Crippen LogP contribution in [-0.2, 0) is 5.54 Å². The minimum Gasteiger partial charge on any atom is -0.387 e. The monoisotopic (exact) mass is 534 g/mol. The summed E-state index contributed by atoms with van der Waals surface area (Å²) >= 11 is 0. The topological polar surface area (TPSA) is 38.1 Å². The van der Waals surface area contributed by atoms with Crippen LogP contribution in [0.25, 0.3) is 0 Å². The van der Waals surface area contributed by atoms with Gasteiger partial charge < -0.3 is 9.67 Å². The van der Waals surface area contributed by atoms with Gasteiger partial charge >= 0.3 is 0 Å². The van der Waals surface area contributed by atoms with Crippen LogP contribution in [0.5, 0.6) is 0 Å². The number of benzene rings is 5. The van der Waals surface area contributed by atoms with Crippen LogP contribution in [-0.4, -0.2) is 14.7 Å². The Morgan fingerprint density at radius 1 is 0.610 bits per heavy atom. The van der Waals surface area contributed by atoms with Crippen LogP contribution in [0.1, 0.15) is 56.7 Å². The highest BCUT2D eigenvalue weighted by molar-refractivity contribution is 5.52. The molecule has 0 saturated heterocycles. The van der Waals surface area contributed by atoms with Crippen molar-refractivity contribution >= 4 is 0 Å². The molecule has 2 unspecified atom stereocenters. The number of imidazole rings is 1. The minimum atomic E-state index is -0.784. The summed E-state index contributed by atoms with van der Waals surface area (Å²) in [5.74, 6) is -0.366. The second-order valence-corrected chi connectivity index (χ2v) is 10.6. The first kappa shape index (κ1) is 26.5. The normalized spacial score (nSPS) is 13.0. The molecule has 6 rings (SSSR count). The summed E-state index contributed by atoms with van der Waals surface area (Å²) in [7, 11) is 0. The van der Waals surface area contributed by atoms with Crippen LogP contribution >= 0.6 is 0 Å². The Kier molecular flexibility index (Phi) is 7.37. The van der Waals surface area contributed by atoms with Gasteiger partial charge in [-0.25, -0.2) is 4.98 Å². The first-order chi connectivity index (χ1) is 20.1. The number of aliphatic hydroxyl groups is 1. The van der Waals surface area contributed by atoms with Gasteiger partial charge in [0.1, 0.15) is 5.54 Å². The van der Waals surface area contributed by atoms with Crippen LogP contribution in [0.15, 0.2) is 152 Å². The third-order valence-corrected chi connectivity index (χ3v) is 8.36. The lowest BCUT2D eigenvalue weighted by molar-refractivity contribution is 0.154. The predicted molar refractivity (Wildman–Crippen MR) is 166 cm³/mol. The second kappa shape index (κ2) is 11.4. The number of hydrogen-bond donors (Lipinski definition) is 1. The molecule has 5 aromatic carbocycles. The third kappa shape index (κ3) is 4.69. The fraction of sp³-hybridized carbons (Fsp3) is 0.132. The molecule has 0 amide bonds. The Bertz CT molecular complexity index is 1610. The van der Waals surface area contributed by atoms with Gasteiger partial charge in [-0.05, 0) is 52.8 Å². The van der Waals surface area contributed by atoms with Crippen LogP contribution in [0.4, 0.5) is 0 Å². The highest BCUT2D eigenvalue weighted by atomic mass is 16.3. The number of aryl methyl sites for hydroxylation is 1. The largest absolute Gasteiger partial charge is 0.387 e. The van der Waals surface area contributed by atoms with Crippen LogP contribution in [0.3, 0.4) is 0 Å². The minimum absolute atomic E-state index is 0.366. The van der Waals surface area contributed by atoms with Gasteiger partial charge in [0.25, 0.3) is 0 Å². The average Bonchev–Trinajstić information content (AvgIpc) is 3.50. The van der Waals surface area contributed by atoms with Crippen molar-refractivity contribution in [2.75, 3.05) is 0 Å². The van der Waals surface area contributed by atoms with E-state index in [9.17, 15) is 5.11 Å². The van der Waals surface area contributed by atoms with Crippen molar-refractivity contribution < 1.29 is 5.11 Å². The summed E-state index contributed by atoms with van der Waals surface area (Å²) in [5.41, 5.74) is 7.77. The molecule has 0 bridgehead atoms. The number of aliphatic hydroxyl groups excluding tert-OH is 1. The molecular weight excluding hydrogens is 500 g/mol. The number of nitrogens with zero attached hydrogens (tertiary/aromatic N) is 2. The van der Waals surface area contributed by atoms with Crippen molar-refractivity contribution in [2.45, 2.75) is 31.4 Å². The maximum absolute atomic E-state index is 12.3. The van der Waals surface area contributed by atoms with E-state index in [0.717, 1.165) is 44.6 Å². The molecule has 1 heterocycles. The molecule has 0 spiro atoms. The van der Waals surface area contributed by atoms with E-state index in [1.54, 1.807) is 0 Å². The van der Waals surface area contributed by atoms with E-state index in [2.05, 4.69) is 128 Å². The van der Waals surface area contributed by atoms with Crippen LogP contribution in [0.2, 0.25) is 0 Å². The zero-order valence-corrected chi connectivity index (χ0v) is 23.4. The van der Waals surface area contributed by atoms with Gasteiger partial charge in [0.05, 0.1) is 18.3 Å². The molecule has 3 heteroatoms. The summed E-state index contributed by atoms with van der Waals surface area (Å²) in [6, 6.07) is 48.3. The molecule has 0 fully saturated rings. The first-order valence-electron chi connectivity index (χ1n) is 14.1. The van der Waals surface area contributed by atoms with E-state index in [-0.39, 0.29) is 5.92 Å². The predicted octanol–water partition coefficient (Wildman–Crippen LogP) is 8.21. The zero-order chi connectivity index (χ0) is 28.2. The summed E-state index contributed by atoms with van der Waals surface area (Å²) in [6.45, 7) is 4.19. The Balaban J connectivity index is 1.68. The molecule has 3 nitrogen and oxygen atoms in total. The zero-order valence-electron chi connectivity index (χ0n) is 23.4. The molecule has 0 aliphatic rings. The summed E-state index contributed by atoms with van der Waals surface area (Å²) in [6.07, 6.45) is 3.07. The Morgan fingerprint density at radius 2 is 1.10 bits per heavy atom. The van der Waals surface area contributed by atoms with E-state index in [4.69, 9.17) is 4.98 Å². The SMILES string of the molecule is Cc1cccc(C(O)C(c2ccccc2)c2cncn2C(c2ccccc2)(c2ccccc2)c2ccccc2)c1C. The lowest BCUT2D eigenvalue weighted by Crippen LogP contribution is -2.39. The lowest BCUT2D eigenvalue weighted by Gasteiger charge is -2.40. The Hall–Kier alpha value is -4.73. The summed E-state index contributed by atoms with van der Waals surface area (Å²) in [5, 5.41) is 12.3.